The Balaban J connectivity index is 3.93. The van der Waals surface area contributed by atoms with Crippen molar-refractivity contribution in [3.05, 3.63) is 24.3 Å². The highest BCUT2D eigenvalue weighted by atomic mass is 31.2. The van der Waals surface area contributed by atoms with Crippen LogP contribution in [0.4, 0.5) is 0 Å². The van der Waals surface area contributed by atoms with Crippen LogP contribution >= 0.6 is 7.82 Å². The number of aliphatic hydroxyl groups is 1. The summed E-state index contributed by atoms with van der Waals surface area (Å²) in [6.45, 7) is 4.84. The molecule has 3 atom stereocenters. The number of allylic oxidation sites excluding steroid dienone is 4. The lowest BCUT2D eigenvalue weighted by molar-refractivity contribution is -0.870. The van der Waals surface area contributed by atoms with Crippen molar-refractivity contribution in [2.24, 2.45) is 0 Å². The Kier molecular flexibility index (Phi) is 40.6. The summed E-state index contributed by atoms with van der Waals surface area (Å²) in [5.74, 6) is -0.146. The van der Waals surface area contributed by atoms with Crippen LogP contribution < -0.4 is 5.32 Å². The zero-order chi connectivity index (χ0) is 42.8. The molecule has 0 fully saturated rings. The molecule has 9 heteroatoms. The second kappa shape index (κ2) is 41.3. The SMILES string of the molecule is CCCCCCC/C=C\C/C=C\CCCCCCCCCCCCCCCCCCCC(=O)NC(COP(=O)(O)OCC[N+](C)(C)C)C(O)CCCCCCCCC. The number of unbranched alkanes of at least 4 members (excludes halogenated alkanes) is 28. The Hall–Kier alpha value is -1.02. The van der Waals surface area contributed by atoms with Crippen LogP contribution in [0.3, 0.4) is 0 Å². The van der Waals surface area contributed by atoms with Gasteiger partial charge in [-0.1, -0.05) is 205 Å². The molecule has 3 N–H and O–H groups in total. The minimum Gasteiger partial charge on any atom is -0.391 e. The Morgan fingerprint density at radius 1 is 0.586 bits per heavy atom. The average Bonchev–Trinajstić information content (AvgIpc) is 3.17. The second-order valence-electron chi connectivity index (χ2n) is 18.2. The zero-order valence-electron chi connectivity index (χ0n) is 39.0. The number of rotatable bonds is 45. The van der Waals surface area contributed by atoms with E-state index in [1.54, 1.807) is 0 Å². The highest BCUT2D eigenvalue weighted by Gasteiger charge is 2.28. The first-order valence-corrected chi connectivity index (χ1v) is 26.2. The molecule has 0 radical (unpaired) electrons. The molecule has 1 amide bonds. The molecule has 0 aliphatic carbocycles. The van der Waals surface area contributed by atoms with Gasteiger partial charge in [-0.05, 0) is 44.9 Å². The minimum absolute atomic E-state index is 0.0757. The Morgan fingerprint density at radius 3 is 1.41 bits per heavy atom. The number of aliphatic hydroxyl groups excluding tert-OH is 1. The number of hydrogen-bond acceptors (Lipinski definition) is 5. The molecule has 0 aliphatic heterocycles. The first-order chi connectivity index (χ1) is 28.0. The molecular weight excluding hydrogens is 744 g/mol. The molecule has 0 aromatic heterocycles. The summed E-state index contributed by atoms with van der Waals surface area (Å²) in [6, 6.07) is -0.754. The van der Waals surface area contributed by atoms with Crippen LogP contribution in [0.15, 0.2) is 24.3 Å². The smallest absolute Gasteiger partial charge is 0.391 e. The quantitative estimate of drug-likeness (QED) is 0.0244. The predicted octanol–water partition coefficient (Wildman–Crippen LogP) is 14.1. The number of nitrogens with zero attached hydrogens (tertiary/aromatic N) is 1. The van der Waals surface area contributed by atoms with Gasteiger partial charge in [-0.25, -0.2) is 4.57 Å². The maximum atomic E-state index is 12.8. The van der Waals surface area contributed by atoms with Gasteiger partial charge in [0.2, 0.25) is 5.91 Å². The van der Waals surface area contributed by atoms with Gasteiger partial charge in [-0.2, -0.15) is 0 Å². The van der Waals surface area contributed by atoms with E-state index in [2.05, 4.69) is 43.5 Å². The summed E-state index contributed by atoms with van der Waals surface area (Å²) < 4.78 is 23.5. The molecule has 0 bridgehead atoms. The summed E-state index contributed by atoms with van der Waals surface area (Å²) in [7, 11) is 1.62. The monoisotopic (exact) mass is 842 g/mol. The number of phosphoric acid groups is 1. The normalized spacial score (nSPS) is 14.4. The van der Waals surface area contributed by atoms with Gasteiger partial charge < -0.3 is 19.8 Å². The van der Waals surface area contributed by atoms with Crippen molar-refractivity contribution in [1.82, 2.24) is 5.32 Å². The van der Waals surface area contributed by atoms with Gasteiger partial charge in [0.05, 0.1) is 39.9 Å². The highest BCUT2D eigenvalue weighted by molar-refractivity contribution is 7.47. The number of phosphoric ester groups is 1. The third-order valence-corrected chi connectivity index (χ3v) is 12.2. The van der Waals surface area contributed by atoms with Crippen molar-refractivity contribution in [2.75, 3.05) is 40.9 Å². The number of nitrogens with one attached hydrogen (secondary N) is 1. The van der Waals surface area contributed by atoms with E-state index in [-0.39, 0.29) is 19.1 Å². The van der Waals surface area contributed by atoms with E-state index < -0.39 is 20.0 Å². The summed E-state index contributed by atoms with van der Waals surface area (Å²) in [5, 5.41) is 13.8. The molecule has 0 aliphatic rings. The molecule has 0 saturated carbocycles. The van der Waals surface area contributed by atoms with Crippen LogP contribution in [0, 0.1) is 0 Å². The standard InChI is InChI=1S/C49H97N2O6P/c1-6-8-10-12-14-15-16-17-18-19-20-21-22-23-24-25-26-27-28-29-30-31-32-33-34-35-37-39-41-43-49(53)50-47(48(52)42-40-38-36-13-11-9-7-2)46-57-58(54,55)56-45-44-51(3,4)5/h16-17,19-20,47-48,52H,6-15,18,21-46H2,1-5H3,(H-,50,53,54,55)/p+1/b17-16-,20-19-. The lowest BCUT2D eigenvalue weighted by Crippen LogP contribution is -2.46. The predicted molar refractivity (Wildman–Crippen MR) is 249 cm³/mol. The molecule has 0 heterocycles. The van der Waals surface area contributed by atoms with Crippen molar-refractivity contribution < 1.29 is 32.9 Å². The summed E-state index contributed by atoms with van der Waals surface area (Å²) in [6.07, 6.45) is 49.6. The van der Waals surface area contributed by atoms with Crippen LogP contribution in [0.5, 0.6) is 0 Å². The summed E-state index contributed by atoms with van der Waals surface area (Å²) in [5.41, 5.74) is 0. The van der Waals surface area contributed by atoms with E-state index >= 15 is 0 Å². The second-order valence-corrected chi connectivity index (χ2v) is 19.6. The van der Waals surface area contributed by atoms with E-state index in [4.69, 9.17) is 9.05 Å². The number of likely N-dealkylation sites (N-methyl/N-ethyl adjacent to an activating group) is 1. The van der Waals surface area contributed by atoms with Crippen molar-refractivity contribution in [3.63, 3.8) is 0 Å². The summed E-state index contributed by atoms with van der Waals surface area (Å²) >= 11 is 0. The molecule has 0 aromatic rings. The van der Waals surface area contributed by atoms with E-state index in [0.717, 1.165) is 44.9 Å². The van der Waals surface area contributed by atoms with Gasteiger partial charge in [0.25, 0.3) is 0 Å². The van der Waals surface area contributed by atoms with E-state index in [9.17, 15) is 19.4 Å². The number of carbonyl (C=O) groups is 1. The molecule has 3 unspecified atom stereocenters. The Morgan fingerprint density at radius 2 is 0.983 bits per heavy atom. The number of amides is 1. The van der Waals surface area contributed by atoms with E-state index in [1.165, 1.54) is 161 Å². The minimum atomic E-state index is -4.30. The molecule has 344 valence electrons. The van der Waals surface area contributed by atoms with Gasteiger partial charge >= 0.3 is 7.82 Å². The van der Waals surface area contributed by atoms with Crippen LogP contribution in [0.2, 0.25) is 0 Å². The Labute approximate surface area is 360 Å². The van der Waals surface area contributed by atoms with Crippen LogP contribution in [0.1, 0.15) is 232 Å². The van der Waals surface area contributed by atoms with Gasteiger partial charge in [0.1, 0.15) is 13.2 Å². The van der Waals surface area contributed by atoms with Gasteiger partial charge in [-0.3, -0.25) is 13.8 Å². The summed E-state index contributed by atoms with van der Waals surface area (Å²) in [4.78, 5) is 23.1. The van der Waals surface area contributed by atoms with Crippen LogP contribution in [0.25, 0.3) is 0 Å². The number of quaternary nitrogens is 1. The van der Waals surface area contributed by atoms with Crippen LogP contribution in [-0.2, 0) is 18.4 Å². The largest absolute Gasteiger partial charge is 0.472 e. The third kappa shape index (κ3) is 43.1. The first kappa shape index (κ1) is 57.0. The number of carbonyl (C=O) groups excluding carboxylic acids is 1. The molecule has 0 saturated heterocycles. The van der Waals surface area contributed by atoms with Gasteiger partial charge in [0, 0.05) is 6.42 Å². The third-order valence-electron chi connectivity index (χ3n) is 11.2. The molecule has 0 aromatic carbocycles. The lowest BCUT2D eigenvalue weighted by Gasteiger charge is -2.26. The zero-order valence-corrected chi connectivity index (χ0v) is 39.9. The van der Waals surface area contributed by atoms with Crippen molar-refractivity contribution in [3.8, 4) is 0 Å². The van der Waals surface area contributed by atoms with Gasteiger partial charge in [0.15, 0.2) is 0 Å². The molecule has 0 spiro atoms. The van der Waals surface area contributed by atoms with Crippen molar-refractivity contribution in [2.45, 2.75) is 244 Å². The fraction of sp³-hybridized carbons (Fsp3) is 0.898. The maximum absolute atomic E-state index is 12.8. The molecule has 0 rings (SSSR count). The Bertz CT molecular complexity index is 1000. The molecule has 8 nitrogen and oxygen atoms in total. The van der Waals surface area contributed by atoms with Crippen LogP contribution in [-0.4, -0.2) is 73.4 Å². The van der Waals surface area contributed by atoms with Gasteiger partial charge in [-0.15, -0.1) is 0 Å². The molecule has 58 heavy (non-hydrogen) atoms. The number of hydrogen-bond donors (Lipinski definition) is 3. The lowest BCUT2D eigenvalue weighted by atomic mass is 10.0. The molecular formula is C49H98N2O6P+. The van der Waals surface area contributed by atoms with E-state index in [1.807, 2.05) is 21.1 Å². The maximum Gasteiger partial charge on any atom is 0.472 e. The fourth-order valence-corrected chi connectivity index (χ4v) is 7.99. The first-order valence-electron chi connectivity index (χ1n) is 24.7. The van der Waals surface area contributed by atoms with E-state index in [0.29, 0.717) is 23.9 Å². The fourth-order valence-electron chi connectivity index (χ4n) is 7.25. The average molecular weight is 842 g/mol. The topological polar surface area (TPSA) is 105 Å². The highest BCUT2D eigenvalue weighted by Crippen LogP contribution is 2.43. The van der Waals surface area contributed by atoms with Crippen molar-refractivity contribution >= 4 is 13.7 Å². The van der Waals surface area contributed by atoms with Crippen molar-refractivity contribution in [1.29, 1.82) is 0 Å².